The van der Waals surface area contributed by atoms with E-state index in [1.54, 1.807) is 0 Å². The third kappa shape index (κ3) is 2.49. The Morgan fingerprint density at radius 1 is 1.24 bits per heavy atom. The zero-order valence-electron chi connectivity index (χ0n) is 11.4. The molecule has 2 N–H and O–H groups in total. The number of amides is 1. The van der Waals surface area contributed by atoms with Crippen molar-refractivity contribution in [1.29, 1.82) is 0 Å². The molecule has 1 amide bonds. The molecule has 0 radical (unpaired) electrons. The Bertz CT molecular complexity index is 292. The molecular formula is C14H26N2O. The Morgan fingerprint density at radius 3 is 2.53 bits per heavy atom. The second-order valence-electron chi connectivity index (χ2n) is 6.27. The molecule has 2 fully saturated rings. The molecule has 2 aliphatic rings. The molecule has 3 nitrogen and oxygen atoms in total. The van der Waals surface area contributed by atoms with Gasteiger partial charge in [-0.3, -0.25) is 4.79 Å². The fourth-order valence-corrected chi connectivity index (χ4v) is 3.55. The van der Waals surface area contributed by atoms with Crippen molar-refractivity contribution in [2.45, 2.75) is 58.5 Å². The van der Waals surface area contributed by atoms with Crippen LogP contribution in [0.3, 0.4) is 0 Å². The first-order chi connectivity index (χ1) is 8.00. The van der Waals surface area contributed by atoms with Crippen LogP contribution in [-0.4, -0.2) is 29.4 Å². The Morgan fingerprint density at radius 2 is 1.94 bits per heavy atom. The van der Waals surface area contributed by atoms with Crippen LogP contribution in [-0.2, 0) is 4.79 Å². The van der Waals surface area contributed by atoms with Crippen LogP contribution in [0.1, 0.15) is 46.5 Å². The molecule has 1 aliphatic heterocycles. The average molecular weight is 238 g/mol. The van der Waals surface area contributed by atoms with E-state index in [4.69, 9.17) is 5.73 Å². The normalized spacial score (nSPS) is 42.8. The van der Waals surface area contributed by atoms with Gasteiger partial charge in [0.25, 0.3) is 0 Å². The van der Waals surface area contributed by atoms with E-state index in [0.29, 0.717) is 23.8 Å². The van der Waals surface area contributed by atoms with Gasteiger partial charge in [0.15, 0.2) is 0 Å². The Balaban J connectivity index is 2.04. The molecule has 5 atom stereocenters. The number of rotatable bonds is 1. The van der Waals surface area contributed by atoms with E-state index in [0.717, 1.165) is 25.8 Å². The summed E-state index contributed by atoms with van der Waals surface area (Å²) in [6, 6.07) is 0.473. The van der Waals surface area contributed by atoms with Crippen LogP contribution in [0.15, 0.2) is 0 Å². The van der Waals surface area contributed by atoms with Gasteiger partial charge in [-0.2, -0.15) is 0 Å². The summed E-state index contributed by atoms with van der Waals surface area (Å²) in [5, 5.41) is 0. The maximum Gasteiger partial charge on any atom is 0.227 e. The van der Waals surface area contributed by atoms with Crippen LogP contribution in [0.4, 0.5) is 0 Å². The lowest BCUT2D eigenvalue weighted by Crippen LogP contribution is -2.49. The van der Waals surface area contributed by atoms with Crippen molar-refractivity contribution >= 4 is 5.91 Å². The summed E-state index contributed by atoms with van der Waals surface area (Å²) in [4.78, 5) is 14.6. The second kappa shape index (κ2) is 4.97. The molecule has 3 heteroatoms. The molecule has 1 heterocycles. The first-order valence-electron chi connectivity index (χ1n) is 7.06. The van der Waals surface area contributed by atoms with E-state index in [9.17, 15) is 4.79 Å². The Kier molecular flexibility index (Phi) is 3.76. The predicted octanol–water partition coefficient (Wildman–Crippen LogP) is 2.01. The van der Waals surface area contributed by atoms with Crippen molar-refractivity contribution < 1.29 is 4.79 Å². The molecule has 1 aliphatic carbocycles. The van der Waals surface area contributed by atoms with Crippen LogP contribution < -0.4 is 5.73 Å². The molecule has 2 rings (SSSR count). The summed E-state index contributed by atoms with van der Waals surface area (Å²) in [5.41, 5.74) is 6.22. The van der Waals surface area contributed by atoms with Crippen LogP contribution in [0.2, 0.25) is 0 Å². The van der Waals surface area contributed by atoms with Crippen molar-refractivity contribution in [3.05, 3.63) is 0 Å². The van der Waals surface area contributed by atoms with Crippen LogP contribution in [0, 0.1) is 17.8 Å². The van der Waals surface area contributed by atoms with Crippen LogP contribution in [0.25, 0.3) is 0 Å². The van der Waals surface area contributed by atoms with Gasteiger partial charge in [-0.05, 0) is 38.0 Å². The summed E-state index contributed by atoms with van der Waals surface area (Å²) in [6.07, 6.45) is 4.46. The number of nitrogens with zero attached hydrogens (tertiary/aromatic N) is 1. The maximum absolute atomic E-state index is 12.6. The summed E-state index contributed by atoms with van der Waals surface area (Å²) in [6.45, 7) is 7.50. The highest BCUT2D eigenvalue weighted by Crippen LogP contribution is 2.32. The summed E-state index contributed by atoms with van der Waals surface area (Å²) < 4.78 is 0. The second-order valence-corrected chi connectivity index (χ2v) is 6.27. The largest absolute Gasteiger partial charge is 0.339 e. The number of nitrogens with two attached hydrogens (primary N) is 1. The van der Waals surface area contributed by atoms with Gasteiger partial charge in [0, 0.05) is 18.6 Å². The predicted molar refractivity (Wildman–Crippen MR) is 69.4 cm³/mol. The number of hydrogen-bond acceptors (Lipinski definition) is 2. The average Bonchev–Trinajstić information content (AvgIpc) is 2.61. The fourth-order valence-electron chi connectivity index (χ4n) is 3.55. The fraction of sp³-hybridized carbons (Fsp3) is 0.929. The van der Waals surface area contributed by atoms with E-state index in [2.05, 4.69) is 25.7 Å². The third-order valence-corrected chi connectivity index (χ3v) is 4.68. The standard InChI is InChI=1S/C14H26N2O/c1-9-7-11(3)16(8-9)14(17)12-6-4-5-10(2)13(12)15/h9-13H,4-8,15H2,1-3H3. The van der Waals surface area contributed by atoms with Crippen molar-refractivity contribution in [1.82, 2.24) is 4.90 Å². The van der Waals surface area contributed by atoms with Gasteiger partial charge >= 0.3 is 0 Å². The lowest BCUT2D eigenvalue weighted by atomic mass is 9.77. The van der Waals surface area contributed by atoms with E-state index >= 15 is 0 Å². The SMILES string of the molecule is CC1CC(C)N(C(=O)C2CCCC(C)C2N)C1. The van der Waals surface area contributed by atoms with Gasteiger partial charge in [0.05, 0.1) is 5.92 Å². The molecule has 1 saturated carbocycles. The topological polar surface area (TPSA) is 46.3 Å². The lowest BCUT2D eigenvalue weighted by molar-refractivity contribution is -0.138. The highest BCUT2D eigenvalue weighted by atomic mass is 16.2. The van der Waals surface area contributed by atoms with Crippen molar-refractivity contribution in [3.63, 3.8) is 0 Å². The summed E-state index contributed by atoms with van der Waals surface area (Å²) >= 11 is 0. The molecule has 5 unspecified atom stereocenters. The highest BCUT2D eigenvalue weighted by Gasteiger charge is 2.39. The Labute approximate surface area is 105 Å². The van der Waals surface area contributed by atoms with Gasteiger partial charge in [-0.25, -0.2) is 0 Å². The number of likely N-dealkylation sites (tertiary alicyclic amines) is 1. The summed E-state index contributed by atoms with van der Waals surface area (Å²) in [5.74, 6) is 1.53. The van der Waals surface area contributed by atoms with Crippen LogP contribution in [0.5, 0.6) is 0 Å². The van der Waals surface area contributed by atoms with E-state index in [1.807, 2.05) is 0 Å². The van der Waals surface area contributed by atoms with Gasteiger partial charge in [0.1, 0.15) is 0 Å². The van der Waals surface area contributed by atoms with Gasteiger partial charge < -0.3 is 10.6 Å². The van der Waals surface area contributed by atoms with Crippen molar-refractivity contribution in [2.75, 3.05) is 6.54 Å². The maximum atomic E-state index is 12.6. The van der Waals surface area contributed by atoms with Gasteiger partial charge in [0.2, 0.25) is 5.91 Å². The summed E-state index contributed by atoms with van der Waals surface area (Å²) in [7, 11) is 0. The number of carbonyl (C=O) groups excluding carboxylic acids is 1. The molecule has 17 heavy (non-hydrogen) atoms. The minimum absolute atomic E-state index is 0.0688. The molecule has 0 bridgehead atoms. The first kappa shape index (κ1) is 12.9. The lowest BCUT2D eigenvalue weighted by Gasteiger charge is -2.36. The highest BCUT2D eigenvalue weighted by molar-refractivity contribution is 5.80. The molecule has 98 valence electrons. The minimum Gasteiger partial charge on any atom is -0.339 e. The monoisotopic (exact) mass is 238 g/mol. The molecule has 0 aromatic rings. The van der Waals surface area contributed by atoms with Gasteiger partial charge in [-0.1, -0.05) is 20.3 Å². The van der Waals surface area contributed by atoms with Gasteiger partial charge in [-0.15, -0.1) is 0 Å². The molecule has 1 saturated heterocycles. The quantitative estimate of drug-likeness (QED) is 0.759. The zero-order valence-corrected chi connectivity index (χ0v) is 11.4. The van der Waals surface area contributed by atoms with E-state index in [1.165, 1.54) is 6.42 Å². The molecular weight excluding hydrogens is 212 g/mol. The molecule has 0 aromatic heterocycles. The van der Waals surface area contributed by atoms with E-state index < -0.39 is 0 Å². The Hall–Kier alpha value is -0.570. The number of carbonyl (C=O) groups is 1. The third-order valence-electron chi connectivity index (χ3n) is 4.68. The first-order valence-corrected chi connectivity index (χ1v) is 7.06. The van der Waals surface area contributed by atoms with E-state index in [-0.39, 0.29) is 12.0 Å². The molecule has 0 spiro atoms. The van der Waals surface area contributed by atoms with Crippen molar-refractivity contribution in [3.8, 4) is 0 Å². The molecule has 0 aromatic carbocycles. The van der Waals surface area contributed by atoms with Crippen LogP contribution >= 0.6 is 0 Å². The smallest absolute Gasteiger partial charge is 0.227 e. The number of hydrogen-bond donors (Lipinski definition) is 1. The zero-order chi connectivity index (χ0) is 12.6. The van der Waals surface area contributed by atoms with Crippen molar-refractivity contribution in [2.24, 2.45) is 23.5 Å². The minimum atomic E-state index is 0.0688.